The predicted molar refractivity (Wildman–Crippen MR) is 118 cm³/mol. The van der Waals surface area contributed by atoms with Crippen LogP contribution in [0.3, 0.4) is 0 Å². The third-order valence-corrected chi connectivity index (χ3v) is 6.31. The topological polar surface area (TPSA) is 78.9 Å². The molecule has 10 heteroatoms. The fourth-order valence-electron chi connectivity index (χ4n) is 3.33. The highest BCUT2D eigenvalue weighted by molar-refractivity contribution is 7.97. The van der Waals surface area contributed by atoms with Crippen molar-refractivity contribution in [1.82, 2.24) is 9.62 Å². The van der Waals surface area contributed by atoms with Gasteiger partial charge in [-0.15, -0.1) is 0 Å². The fourth-order valence-corrected chi connectivity index (χ4v) is 4.28. The van der Waals surface area contributed by atoms with Gasteiger partial charge in [-0.3, -0.25) is 4.79 Å². The normalized spacial score (nSPS) is 15.8. The molecule has 3 rings (SSSR count). The Morgan fingerprint density at radius 1 is 1.09 bits per heavy atom. The second-order valence-corrected chi connectivity index (χ2v) is 9.41. The number of nitrogens with zero attached hydrogens (tertiary/aromatic N) is 1. The first-order valence-electron chi connectivity index (χ1n) is 10.4. The lowest BCUT2D eigenvalue weighted by molar-refractivity contribution is -0.138. The summed E-state index contributed by atoms with van der Waals surface area (Å²) in [6, 6.07) is 11.0. The fraction of sp³-hybridized carbons (Fsp3) is 0.391. The molecule has 6 nitrogen and oxygen atoms in total. The van der Waals surface area contributed by atoms with Crippen LogP contribution in [0.1, 0.15) is 42.6 Å². The number of alkyl halides is 3. The van der Waals surface area contributed by atoms with Crippen LogP contribution in [-0.4, -0.2) is 46.0 Å². The molecule has 2 aromatic carbocycles. The van der Waals surface area contributed by atoms with Crippen LogP contribution in [0, 0.1) is 0 Å². The predicted octanol–water partition coefficient (Wildman–Crippen LogP) is 4.85. The first kappa shape index (κ1) is 24.9. The van der Waals surface area contributed by atoms with E-state index < -0.39 is 29.2 Å². The van der Waals surface area contributed by atoms with Crippen LogP contribution >= 0.6 is 11.9 Å². The molecule has 0 aromatic heterocycles. The standard InChI is InChI=1S/C23H25F3N2O4S/c1-22(2,32-18-5-3-4-16(14-18)23(24,25)26)21(31)27-17-10-12-28(13-11-17)33-19-8-6-15(7-9-19)20(29)30/h3-9,14,17H,10-13H2,1-2H3,(H,27,31)(H,29,30). The van der Waals surface area contributed by atoms with E-state index in [2.05, 4.69) is 9.62 Å². The van der Waals surface area contributed by atoms with E-state index >= 15 is 0 Å². The monoisotopic (exact) mass is 482 g/mol. The molecule has 0 unspecified atom stereocenters. The van der Waals surface area contributed by atoms with Gasteiger partial charge in [-0.25, -0.2) is 9.10 Å². The SMILES string of the molecule is CC(C)(Oc1cccc(C(F)(F)F)c1)C(=O)NC1CCN(Sc2ccc(C(=O)O)cc2)CC1. The maximum absolute atomic E-state index is 12.9. The minimum Gasteiger partial charge on any atom is -0.478 e. The number of hydrogen-bond donors (Lipinski definition) is 2. The van der Waals surface area contributed by atoms with Gasteiger partial charge in [0, 0.05) is 24.0 Å². The molecule has 0 aliphatic carbocycles. The van der Waals surface area contributed by atoms with Crippen LogP contribution in [0.5, 0.6) is 5.75 Å². The number of hydrogen-bond acceptors (Lipinski definition) is 5. The minimum absolute atomic E-state index is 0.0230. The molecule has 1 amide bonds. The Hall–Kier alpha value is -2.72. The van der Waals surface area contributed by atoms with Crippen LogP contribution in [0.2, 0.25) is 0 Å². The second kappa shape index (κ2) is 10.0. The van der Waals surface area contributed by atoms with E-state index in [-0.39, 0.29) is 17.4 Å². The molecule has 33 heavy (non-hydrogen) atoms. The minimum atomic E-state index is -4.49. The summed E-state index contributed by atoms with van der Waals surface area (Å²) in [5.74, 6) is -1.39. The number of carboxylic acid groups (broad SMARTS) is 1. The van der Waals surface area contributed by atoms with Crippen LogP contribution in [0.4, 0.5) is 13.2 Å². The van der Waals surface area contributed by atoms with Gasteiger partial charge in [0.05, 0.1) is 11.1 Å². The maximum atomic E-state index is 12.9. The first-order valence-corrected chi connectivity index (χ1v) is 11.1. The summed E-state index contributed by atoms with van der Waals surface area (Å²) in [4.78, 5) is 24.6. The molecule has 0 radical (unpaired) electrons. The Morgan fingerprint density at radius 3 is 2.30 bits per heavy atom. The van der Waals surface area contributed by atoms with Crippen LogP contribution < -0.4 is 10.1 Å². The number of ether oxygens (including phenoxy) is 1. The molecule has 0 atom stereocenters. The number of amides is 1. The van der Waals surface area contributed by atoms with Crippen molar-refractivity contribution in [1.29, 1.82) is 0 Å². The smallest absolute Gasteiger partial charge is 0.416 e. The van der Waals surface area contributed by atoms with E-state index in [0.717, 1.165) is 17.0 Å². The van der Waals surface area contributed by atoms with Crippen LogP contribution in [0.15, 0.2) is 53.4 Å². The summed E-state index contributed by atoms with van der Waals surface area (Å²) in [6.07, 6.45) is -3.09. The van der Waals surface area contributed by atoms with E-state index in [1.165, 1.54) is 37.9 Å². The molecule has 2 aromatic rings. The van der Waals surface area contributed by atoms with Gasteiger partial charge in [0.2, 0.25) is 0 Å². The van der Waals surface area contributed by atoms with Gasteiger partial charge in [0.1, 0.15) is 5.75 Å². The lowest BCUT2D eigenvalue weighted by atomic mass is 10.0. The van der Waals surface area contributed by atoms with Crippen molar-refractivity contribution < 1.29 is 32.6 Å². The highest BCUT2D eigenvalue weighted by Gasteiger charge is 2.34. The number of carbonyl (C=O) groups excluding carboxylic acids is 1. The van der Waals surface area contributed by atoms with Gasteiger partial charge in [-0.2, -0.15) is 13.2 Å². The number of halogens is 3. The molecule has 1 saturated heterocycles. The second-order valence-electron chi connectivity index (χ2n) is 8.24. The van der Waals surface area contributed by atoms with Crippen LogP contribution in [-0.2, 0) is 11.0 Å². The molecular weight excluding hydrogens is 457 g/mol. The Bertz CT molecular complexity index is 988. The highest BCUT2D eigenvalue weighted by Crippen LogP contribution is 2.32. The van der Waals surface area contributed by atoms with Crippen molar-refractivity contribution in [3.8, 4) is 5.75 Å². The third-order valence-electron chi connectivity index (χ3n) is 5.21. The van der Waals surface area contributed by atoms with E-state index in [0.29, 0.717) is 25.9 Å². The van der Waals surface area contributed by atoms with E-state index in [1.807, 2.05) is 0 Å². The lowest BCUT2D eigenvalue weighted by Crippen LogP contribution is -2.52. The Labute approximate surface area is 194 Å². The van der Waals surface area contributed by atoms with Crippen LogP contribution in [0.25, 0.3) is 0 Å². The number of rotatable bonds is 7. The molecule has 2 N–H and O–H groups in total. The summed E-state index contributed by atoms with van der Waals surface area (Å²) < 4.78 is 46.5. The number of aromatic carboxylic acids is 1. The Morgan fingerprint density at radius 2 is 1.73 bits per heavy atom. The lowest BCUT2D eigenvalue weighted by Gasteiger charge is -2.33. The number of carbonyl (C=O) groups is 2. The first-order chi connectivity index (χ1) is 15.4. The van der Waals surface area contributed by atoms with E-state index in [4.69, 9.17) is 9.84 Å². The number of benzene rings is 2. The molecule has 1 aliphatic rings. The van der Waals surface area contributed by atoms with Crippen molar-refractivity contribution in [2.45, 2.75) is 49.4 Å². The van der Waals surface area contributed by atoms with Gasteiger partial charge in [0.25, 0.3) is 5.91 Å². The summed E-state index contributed by atoms with van der Waals surface area (Å²) in [5, 5.41) is 11.9. The van der Waals surface area contributed by atoms with Crippen molar-refractivity contribution >= 4 is 23.8 Å². The van der Waals surface area contributed by atoms with Crippen molar-refractivity contribution in [2.24, 2.45) is 0 Å². The molecule has 1 heterocycles. The molecule has 1 fully saturated rings. The van der Waals surface area contributed by atoms with Gasteiger partial charge in [0.15, 0.2) is 5.60 Å². The molecule has 178 valence electrons. The largest absolute Gasteiger partial charge is 0.478 e. The van der Waals surface area contributed by atoms with E-state index in [9.17, 15) is 22.8 Å². The number of nitrogens with one attached hydrogen (secondary N) is 1. The summed E-state index contributed by atoms with van der Waals surface area (Å²) >= 11 is 1.53. The maximum Gasteiger partial charge on any atom is 0.416 e. The Balaban J connectivity index is 1.50. The number of piperidine rings is 1. The number of carboxylic acids is 1. The molecule has 0 saturated carbocycles. The van der Waals surface area contributed by atoms with Gasteiger partial charge in [-0.1, -0.05) is 6.07 Å². The average Bonchev–Trinajstić information content (AvgIpc) is 2.75. The van der Waals surface area contributed by atoms with Gasteiger partial charge < -0.3 is 15.2 Å². The van der Waals surface area contributed by atoms with Crippen molar-refractivity contribution in [3.05, 3.63) is 59.7 Å². The zero-order valence-corrected chi connectivity index (χ0v) is 19.0. The van der Waals surface area contributed by atoms with E-state index in [1.54, 1.807) is 24.3 Å². The zero-order valence-electron chi connectivity index (χ0n) is 18.2. The summed E-state index contributed by atoms with van der Waals surface area (Å²) in [7, 11) is 0. The summed E-state index contributed by atoms with van der Waals surface area (Å²) in [6.45, 7) is 4.47. The summed E-state index contributed by atoms with van der Waals surface area (Å²) in [5.41, 5.74) is -1.95. The molecule has 1 aliphatic heterocycles. The van der Waals surface area contributed by atoms with Gasteiger partial charge >= 0.3 is 12.1 Å². The molecular formula is C23H25F3N2O4S. The average molecular weight is 483 g/mol. The van der Waals surface area contributed by atoms with Gasteiger partial charge in [-0.05, 0) is 81.1 Å². The Kier molecular flexibility index (Phi) is 7.58. The molecule has 0 bridgehead atoms. The van der Waals surface area contributed by atoms with Crippen molar-refractivity contribution in [3.63, 3.8) is 0 Å². The third kappa shape index (κ3) is 6.88. The zero-order chi connectivity index (χ0) is 24.2. The highest BCUT2D eigenvalue weighted by atomic mass is 32.2. The quantitative estimate of drug-likeness (QED) is 0.550. The van der Waals surface area contributed by atoms with Crippen molar-refractivity contribution in [2.75, 3.05) is 13.1 Å². The molecule has 0 spiro atoms.